The Bertz CT molecular complexity index is 482. The van der Waals surface area contributed by atoms with Crippen LogP contribution in [0.1, 0.15) is 64.2 Å². The summed E-state index contributed by atoms with van der Waals surface area (Å²) in [5.41, 5.74) is 0. The third kappa shape index (κ3) is 31.1. The van der Waals surface area contributed by atoms with Crippen LogP contribution in [0.15, 0.2) is 0 Å². The first-order chi connectivity index (χ1) is 11.8. The first kappa shape index (κ1) is 27.5. The molecule has 0 saturated heterocycles. The van der Waals surface area contributed by atoms with E-state index in [2.05, 4.69) is 0 Å². The van der Waals surface area contributed by atoms with Gasteiger partial charge >= 0.3 is 19.5 Å². The van der Waals surface area contributed by atoms with Gasteiger partial charge in [0.25, 0.3) is 0 Å². The zero-order valence-corrected chi connectivity index (χ0v) is 17.0. The molecule has 156 valence electrons. The molecule has 0 aromatic carbocycles. The molecule has 0 heterocycles. The van der Waals surface area contributed by atoms with E-state index in [0.717, 1.165) is 51.6 Å². The summed E-state index contributed by atoms with van der Waals surface area (Å²) in [6.07, 6.45) is 7.21. The predicted octanol–water partition coefficient (Wildman–Crippen LogP) is 3.12. The minimum Gasteiger partial charge on any atom is -0.481 e. The lowest BCUT2D eigenvalue weighted by molar-refractivity contribution is -0.137. The van der Waals surface area contributed by atoms with E-state index in [-0.39, 0.29) is 25.2 Å². The second-order valence-corrected chi connectivity index (χ2v) is 10.6. The molecule has 0 spiro atoms. The summed E-state index contributed by atoms with van der Waals surface area (Å²) in [7, 11) is -6.90. The van der Waals surface area contributed by atoms with Gasteiger partial charge in [0, 0.05) is 25.4 Å². The highest BCUT2D eigenvalue weighted by atomic mass is 31.2. The standard InChI is InChI=1S/C11H23O5P.C4H9O4P/c12-11(13)9-7-5-3-1-2-4-6-8-10-17(14,15)16;1-9(7,8)3-2-4(5)6/h1-10H2,(H,12,13)(H2,14,15,16);2-3H2,1H3,(H,5,6)(H,7,8). The molecule has 9 nitrogen and oxygen atoms in total. The third-order valence-corrected chi connectivity index (χ3v) is 5.28. The van der Waals surface area contributed by atoms with Crippen LogP contribution in [0, 0.1) is 0 Å². The van der Waals surface area contributed by atoms with E-state index in [1.54, 1.807) is 0 Å². The molecule has 0 rings (SSSR count). The van der Waals surface area contributed by atoms with Crippen molar-refractivity contribution in [2.75, 3.05) is 19.0 Å². The fourth-order valence-corrected chi connectivity index (χ4v) is 3.20. The van der Waals surface area contributed by atoms with Gasteiger partial charge in [0.05, 0.1) is 6.42 Å². The summed E-state index contributed by atoms with van der Waals surface area (Å²) in [5.74, 6) is -1.77. The SMILES string of the molecule is CP(=O)(O)CCC(=O)O.O=C(O)CCCCCCCCCCP(=O)(O)O. The molecule has 1 unspecified atom stereocenters. The molecule has 0 aliphatic carbocycles. The molecule has 0 aliphatic heterocycles. The van der Waals surface area contributed by atoms with E-state index in [4.69, 9.17) is 24.9 Å². The van der Waals surface area contributed by atoms with Gasteiger partial charge in [-0.2, -0.15) is 0 Å². The Hall–Kier alpha value is -0.720. The first-order valence-electron chi connectivity index (χ1n) is 8.61. The molecule has 0 aromatic rings. The average Bonchev–Trinajstić information content (AvgIpc) is 2.45. The van der Waals surface area contributed by atoms with Crippen LogP contribution in [0.2, 0.25) is 0 Å². The van der Waals surface area contributed by atoms with Crippen molar-refractivity contribution in [3.8, 4) is 0 Å². The van der Waals surface area contributed by atoms with E-state index in [1.807, 2.05) is 0 Å². The zero-order chi connectivity index (χ0) is 20.6. The topological polar surface area (TPSA) is 169 Å². The Kier molecular flexibility index (Phi) is 16.2. The number of hydrogen-bond donors (Lipinski definition) is 5. The van der Waals surface area contributed by atoms with Crippen LogP contribution in [-0.4, -0.2) is 55.8 Å². The molecule has 26 heavy (non-hydrogen) atoms. The molecular weight excluding hydrogens is 386 g/mol. The number of carbonyl (C=O) groups is 2. The lowest BCUT2D eigenvalue weighted by Crippen LogP contribution is -1.98. The minimum atomic E-state index is -3.80. The largest absolute Gasteiger partial charge is 0.481 e. The molecule has 0 fully saturated rings. The highest BCUT2D eigenvalue weighted by Crippen LogP contribution is 2.36. The van der Waals surface area contributed by atoms with Crippen molar-refractivity contribution < 1.29 is 43.6 Å². The minimum absolute atomic E-state index is 0.00832. The Morgan fingerprint density at radius 1 is 0.654 bits per heavy atom. The molecule has 0 bridgehead atoms. The van der Waals surface area contributed by atoms with Gasteiger partial charge in [0.2, 0.25) is 0 Å². The van der Waals surface area contributed by atoms with Crippen LogP contribution >= 0.6 is 15.0 Å². The molecule has 11 heteroatoms. The summed E-state index contributed by atoms with van der Waals surface area (Å²) < 4.78 is 21.0. The second kappa shape index (κ2) is 15.3. The molecule has 0 amide bonds. The van der Waals surface area contributed by atoms with Crippen molar-refractivity contribution in [1.82, 2.24) is 0 Å². The fourth-order valence-electron chi connectivity index (χ4n) is 1.96. The average molecular weight is 418 g/mol. The fraction of sp³-hybridized carbons (Fsp3) is 0.867. The third-order valence-electron chi connectivity index (χ3n) is 3.33. The van der Waals surface area contributed by atoms with Crippen LogP contribution in [0.3, 0.4) is 0 Å². The molecule has 1 atom stereocenters. The number of rotatable bonds is 14. The Morgan fingerprint density at radius 2 is 1.04 bits per heavy atom. The van der Waals surface area contributed by atoms with Crippen molar-refractivity contribution in [3.05, 3.63) is 0 Å². The first-order valence-corrected chi connectivity index (χ1v) is 12.7. The van der Waals surface area contributed by atoms with E-state index in [1.165, 1.54) is 0 Å². The van der Waals surface area contributed by atoms with Gasteiger partial charge in [-0.1, -0.05) is 38.5 Å². The number of aliphatic carboxylic acids is 2. The van der Waals surface area contributed by atoms with Crippen molar-refractivity contribution in [1.29, 1.82) is 0 Å². The molecule has 0 aliphatic rings. The van der Waals surface area contributed by atoms with Gasteiger partial charge in [-0.15, -0.1) is 0 Å². The molecule has 0 radical (unpaired) electrons. The van der Waals surface area contributed by atoms with E-state index in [0.29, 0.717) is 6.42 Å². The number of carboxylic acids is 2. The molecule has 0 saturated carbocycles. The molecule has 0 aromatic heterocycles. The van der Waals surface area contributed by atoms with E-state index in [9.17, 15) is 18.7 Å². The Morgan fingerprint density at radius 3 is 1.35 bits per heavy atom. The highest BCUT2D eigenvalue weighted by molar-refractivity contribution is 7.57. The van der Waals surface area contributed by atoms with E-state index >= 15 is 0 Å². The number of hydrogen-bond acceptors (Lipinski definition) is 4. The number of unbranched alkanes of at least 4 members (excludes halogenated alkanes) is 7. The zero-order valence-electron chi connectivity index (χ0n) is 15.2. The summed E-state index contributed by atoms with van der Waals surface area (Å²) in [5, 5.41) is 16.5. The smallest absolute Gasteiger partial charge is 0.325 e. The highest BCUT2D eigenvalue weighted by Gasteiger charge is 2.11. The Balaban J connectivity index is 0. The molecule has 5 N–H and O–H groups in total. The van der Waals surface area contributed by atoms with Crippen LogP contribution in [0.25, 0.3) is 0 Å². The van der Waals surface area contributed by atoms with Crippen LogP contribution in [-0.2, 0) is 18.7 Å². The summed E-state index contributed by atoms with van der Waals surface area (Å²) in [6, 6.07) is 0. The summed E-state index contributed by atoms with van der Waals surface area (Å²) in [6.45, 7) is 1.15. The quantitative estimate of drug-likeness (QED) is 0.210. The van der Waals surface area contributed by atoms with Crippen molar-refractivity contribution in [2.24, 2.45) is 0 Å². The van der Waals surface area contributed by atoms with Gasteiger partial charge in [-0.3, -0.25) is 18.7 Å². The molecular formula is C15H32O9P2. The van der Waals surface area contributed by atoms with Gasteiger partial charge in [-0.25, -0.2) is 0 Å². The van der Waals surface area contributed by atoms with E-state index < -0.39 is 26.9 Å². The predicted molar refractivity (Wildman–Crippen MR) is 99.0 cm³/mol. The maximum absolute atomic E-state index is 10.5. The van der Waals surface area contributed by atoms with Gasteiger partial charge in [0.1, 0.15) is 0 Å². The normalized spacial score (nSPS) is 13.4. The summed E-state index contributed by atoms with van der Waals surface area (Å²) in [4.78, 5) is 45.8. The van der Waals surface area contributed by atoms with Crippen molar-refractivity contribution >= 4 is 26.9 Å². The van der Waals surface area contributed by atoms with Gasteiger partial charge in [0.15, 0.2) is 7.37 Å². The van der Waals surface area contributed by atoms with Crippen molar-refractivity contribution in [2.45, 2.75) is 64.2 Å². The van der Waals surface area contributed by atoms with Gasteiger partial charge < -0.3 is 24.9 Å². The Labute approximate surface area is 154 Å². The second-order valence-electron chi connectivity index (χ2n) is 6.28. The maximum atomic E-state index is 10.5. The van der Waals surface area contributed by atoms with Gasteiger partial charge in [-0.05, 0) is 12.8 Å². The monoisotopic (exact) mass is 418 g/mol. The van der Waals surface area contributed by atoms with Crippen LogP contribution in [0.5, 0.6) is 0 Å². The lowest BCUT2D eigenvalue weighted by atomic mass is 10.1. The maximum Gasteiger partial charge on any atom is 0.325 e. The van der Waals surface area contributed by atoms with Crippen LogP contribution in [0.4, 0.5) is 0 Å². The van der Waals surface area contributed by atoms with Crippen molar-refractivity contribution in [3.63, 3.8) is 0 Å². The lowest BCUT2D eigenvalue weighted by Gasteiger charge is -2.03. The van der Waals surface area contributed by atoms with Crippen LogP contribution < -0.4 is 0 Å². The summed E-state index contributed by atoms with van der Waals surface area (Å²) >= 11 is 0. The number of carboxylic acid groups (broad SMARTS) is 2.